The third-order valence-electron chi connectivity index (χ3n) is 5.90. The summed E-state index contributed by atoms with van der Waals surface area (Å²) < 4.78 is 44.0. The molecule has 0 bridgehead atoms. The summed E-state index contributed by atoms with van der Waals surface area (Å²) in [7, 11) is -1.84. The molecule has 1 aliphatic carbocycles. The fourth-order valence-electron chi connectivity index (χ4n) is 4.11. The predicted molar refractivity (Wildman–Crippen MR) is 127 cm³/mol. The number of carbonyl (C=O) groups is 1. The van der Waals surface area contributed by atoms with E-state index < -0.39 is 21.7 Å². The van der Waals surface area contributed by atoms with Crippen LogP contribution in [0, 0.1) is 11.7 Å². The number of aromatic nitrogens is 6. The molecule has 1 aromatic carbocycles. The number of benzene rings is 1. The largest absolute Gasteiger partial charge is 0.494 e. The SMILES string of the molecule is COc1cc(CNC(=O)c2cc(-c3nnn(C[C@H]4CC[C@H](NS(C)(=O)=O)CC4)n3)ncn2)ccc1F. The van der Waals surface area contributed by atoms with E-state index in [1.54, 1.807) is 6.07 Å². The van der Waals surface area contributed by atoms with Gasteiger partial charge in [0.25, 0.3) is 5.91 Å². The number of carbonyl (C=O) groups excluding carboxylic acids is 1. The van der Waals surface area contributed by atoms with Crippen LogP contribution < -0.4 is 14.8 Å². The molecule has 36 heavy (non-hydrogen) atoms. The zero-order valence-corrected chi connectivity index (χ0v) is 20.7. The summed E-state index contributed by atoms with van der Waals surface area (Å²) >= 11 is 0. The lowest BCUT2D eigenvalue weighted by molar-refractivity contribution is 0.0945. The molecule has 0 unspecified atom stereocenters. The molecule has 0 atom stereocenters. The van der Waals surface area contributed by atoms with Crippen molar-refractivity contribution in [3.63, 3.8) is 0 Å². The van der Waals surface area contributed by atoms with E-state index in [0.29, 0.717) is 23.7 Å². The van der Waals surface area contributed by atoms with Gasteiger partial charge in [-0.05, 0) is 60.6 Å². The second-order valence-electron chi connectivity index (χ2n) is 8.72. The van der Waals surface area contributed by atoms with Crippen molar-refractivity contribution in [1.29, 1.82) is 0 Å². The topological polar surface area (TPSA) is 154 Å². The van der Waals surface area contributed by atoms with E-state index in [1.165, 1.54) is 42.7 Å². The minimum Gasteiger partial charge on any atom is -0.494 e. The highest BCUT2D eigenvalue weighted by Gasteiger charge is 2.24. The highest BCUT2D eigenvalue weighted by atomic mass is 32.2. The average Bonchev–Trinajstić information content (AvgIpc) is 3.32. The second-order valence-corrected chi connectivity index (χ2v) is 10.5. The molecule has 1 fully saturated rings. The van der Waals surface area contributed by atoms with Gasteiger partial charge in [-0.3, -0.25) is 4.79 Å². The van der Waals surface area contributed by atoms with Gasteiger partial charge in [0.05, 0.1) is 19.9 Å². The Hall–Kier alpha value is -3.52. The number of sulfonamides is 1. The fourth-order valence-corrected chi connectivity index (χ4v) is 4.95. The van der Waals surface area contributed by atoms with Crippen LogP contribution in [-0.2, 0) is 23.1 Å². The highest BCUT2D eigenvalue weighted by Crippen LogP contribution is 2.26. The second kappa shape index (κ2) is 11.0. The maximum Gasteiger partial charge on any atom is 0.270 e. The Morgan fingerprint density at radius 1 is 1.19 bits per heavy atom. The lowest BCUT2D eigenvalue weighted by Crippen LogP contribution is -2.37. The van der Waals surface area contributed by atoms with Crippen LogP contribution in [0.1, 0.15) is 41.7 Å². The number of halogens is 1. The predicted octanol–water partition coefficient (Wildman–Crippen LogP) is 1.32. The van der Waals surface area contributed by atoms with Gasteiger partial charge in [-0.15, -0.1) is 10.2 Å². The molecule has 1 aliphatic rings. The van der Waals surface area contributed by atoms with Gasteiger partial charge in [0.15, 0.2) is 11.6 Å². The Morgan fingerprint density at radius 2 is 1.97 bits per heavy atom. The maximum absolute atomic E-state index is 13.6. The first kappa shape index (κ1) is 25.6. The lowest BCUT2D eigenvalue weighted by atomic mass is 9.86. The number of rotatable bonds is 9. The standard InChI is InChI=1S/C22H27FN8O4S/c1-35-20-9-15(5-8-17(20)23)11-24-22(32)19-10-18(25-13-26-19)21-27-30-31(28-21)12-14-3-6-16(7-4-14)29-36(2,33)34/h5,8-10,13-14,16,29H,3-4,6-7,11-12H2,1-2H3,(H,24,32)/t14-,16-. The zero-order chi connectivity index (χ0) is 25.7. The molecule has 4 rings (SSSR count). The molecule has 1 amide bonds. The summed E-state index contributed by atoms with van der Waals surface area (Å²) in [5, 5.41) is 15.3. The van der Waals surface area contributed by atoms with E-state index in [-0.39, 0.29) is 29.9 Å². The van der Waals surface area contributed by atoms with Crippen LogP contribution in [0.5, 0.6) is 5.75 Å². The van der Waals surface area contributed by atoms with E-state index >= 15 is 0 Å². The number of nitrogens with one attached hydrogen (secondary N) is 2. The van der Waals surface area contributed by atoms with E-state index in [0.717, 1.165) is 25.7 Å². The minimum atomic E-state index is -3.21. The zero-order valence-electron chi connectivity index (χ0n) is 19.9. The van der Waals surface area contributed by atoms with E-state index in [2.05, 4.69) is 35.4 Å². The Balaban J connectivity index is 1.34. The first-order valence-electron chi connectivity index (χ1n) is 11.4. The number of amides is 1. The van der Waals surface area contributed by atoms with Gasteiger partial charge < -0.3 is 10.1 Å². The molecule has 0 saturated heterocycles. The Morgan fingerprint density at radius 3 is 2.69 bits per heavy atom. The smallest absolute Gasteiger partial charge is 0.270 e. The van der Waals surface area contributed by atoms with Gasteiger partial charge in [-0.2, -0.15) is 4.80 Å². The maximum atomic E-state index is 13.6. The molecule has 2 heterocycles. The number of hydrogen-bond donors (Lipinski definition) is 2. The van der Waals surface area contributed by atoms with Crippen LogP contribution in [0.15, 0.2) is 30.6 Å². The van der Waals surface area contributed by atoms with Gasteiger partial charge in [0.1, 0.15) is 17.7 Å². The Labute approximate surface area is 207 Å². The average molecular weight is 519 g/mol. The number of nitrogens with zero attached hydrogens (tertiary/aromatic N) is 6. The molecule has 3 aromatic rings. The van der Waals surface area contributed by atoms with Crippen LogP contribution in [0.25, 0.3) is 11.5 Å². The molecule has 12 nitrogen and oxygen atoms in total. The summed E-state index contributed by atoms with van der Waals surface area (Å²) in [6.45, 7) is 0.712. The van der Waals surface area contributed by atoms with Crippen LogP contribution in [-0.4, -0.2) is 63.9 Å². The summed E-state index contributed by atoms with van der Waals surface area (Å²) in [5.41, 5.74) is 1.15. The number of methoxy groups -OCH3 is 1. The number of ether oxygens (including phenoxy) is 1. The van der Waals surface area contributed by atoms with Crippen molar-refractivity contribution in [2.45, 2.75) is 44.8 Å². The molecule has 2 N–H and O–H groups in total. The van der Waals surface area contributed by atoms with Gasteiger partial charge in [0.2, 0.25) is 15.8 Å². The van der Waals surface area contributed by atoms with Crippen molar-refractivity contribution in [3.8, 4) is 17.3 Å². The van der Waals surface area contributed by atoms with Crippen molar-refractivity contribution < 1.29 is 22.3 Å². The van der Waals surface area contributed by atoms with Crippen molar-refractivity contribution in [1.82, 2.24) is 40.2 Å². The minimum absolute atomic E-state index is 0.0359. The number of tetrazole rings is 1. The third kappa shape index (κ3) is 6.79. The van der Waals surface area contributed by atoms with Crippen LogP contribution >= 0.6 is 0 Å². The Bertz CT molecular complexity index is 1330. The molecule has 2 aromatic heterocycles. The Kier molecular flexibility index (Phi) is 7.84. The summed E-state index contributed by atoms with van der Waals surface area (Å²) in [6, 6.07) is 5.78. The summed E-state index contributed by atoms with van der Waals surface area (Å²) in [5.74, 6) is -0.249. The normalized spacial score (nSPS) is 18.1. The molecule has 0 aliphatic heterocycles. The molecule has 1 saturated carbocycles. The van der Waals surface area contributed by atoms with Crippen LogP contribution in [0.3, 0.4) is 0 Å². The van der Waals surface area contributed by atoms with Crippen LogP contribution in [0.4, 0.5) is 4.39 Å². The van der Waals surface area contributed by atoms with Gasteiger partial charge in [-0.25, -0.2) is 27.5 Å². The molecule has 192 valence electrons. The van der Waals surface area contributed by atoms with Crippen molar-refractivity contribution >= 4 is 15.9 Å². The van der Waals surface area contributed by atoms with Crippen molar-refractivity contribution in [2.75, 3.05) is 13.4 Å². The first-order chi connectivity index (χ1) is 17.2. The first-order valence-corrected chi connectivity index (χ1v) is 13.3. The monoisotopic (exact) mass is 518 g/mol. The lowest BCUT2D eigenvalue weighted by Gasteiger charge is -2.27. The highest BCUT2D eigenvalue weighted by molar-refractivity contribution is 7.88. The van der Waals surface area contributed by atoms with E-state index in [9.17, 15) is 17.6 Å². The van der Waals surface area contributed by atoms with E-state index in [4.69, 9.17) is 4.74 Å². The van der Waals surface area contributed by atoms with Crippen molar-refractivity contribution in [2.24, 2.45) is 5.92 Å². The molecule has 14 heteroatoms. The van der Waals surface area contributed by atoms with Crippen LogP contribution in [0.2, 0.25) is 0 Å². The van der Waals surface area contributed by atoms with Crippen molar-refractivity contribution in [3.05, 3.63) is 47.7 Å². The van der Waals surface area contributed by atoms with Gasteiger partial charge >= 0.3 is 0 Å². The quantitative estimate of drug-likeness (QED) is 0.427. The molecule has 0 spiro atoms. The summed E-state index contributed by atoms with van der Waals surface area (Å²) in [6.07, 6.45) is 5.64. The summed E-state index contributed by atoms with van der Waals surface area (Å²) in [4.78, 5) is 22.3. The third-order valence-corrected chi connectivity index (χ3v) is 6.66. The molecular formula is C22H27FN8O4S. The fraction of sp³-hybridized carbons (Fsp3) is 0.455. The van der Waals surface area contributed by atoms with Gasteiger partial charge in [0, 0.05) is 12.6 Å². The molecule has 0 radical (unpaired) electrons. The van der Waals surface area contributed by atoms with E-state index in [1.807, 2.05) is 0 Å². The van der Waals surface area contributed by atoms with Gasteiger partial charge in [-0.1, -0.05) is 6.07 Å². The number of hydrogen-bond acceptors (Lipinski definition) is 9. The molecular weight excluding hydrogens is 491 g/mol.